The predicted octanol–water partition coefficient (Wildman–Crippen LogP) is 5.17. The zero-order chi connectivity index (χ0) is 20.3. The van der Waals surface area contributed by atoms with E-state index in [2.05, 4.69) is 104 Å². The van der Waals surface area contributed by atoms with Crippen molar-refractivity contribution < 1.29 is 0 Å². The molecule has 1 aromatic heterocycles. The summed E-state index contributed by atoms with van der Waals surface area (Å²) in [7, 11) is 0. The van der Waals surface area contributed by atoms with Crippen LogP contribution < -0.4 is 9.80 Å². The molecule has 1 aliphatic rings. The first-order chi connectivity index (χ1) is 14.8. The summed E-state index contributed by atoms with van der Waals surface area (Å²) in [5.41, 5.74) is 7.38. The van der Waals surface area contributed by atoms with Crippen LogP contribution in [0, 0.1) is 6.92 Å². The second kappa shape index (κ2) is 8.07. The van der Waals surface area contributed by atoms with Crippen LogP contribution in [0.25, 0.3) is 16.8 Å². The molecule has 0 spiro atoms. The molecule has 0 amide bonds. The van der Waals surface area contributed by atoms with Gasteiger partial charge in [0.2, 0.25) is 0 Å². The van der Waals surface area contributed by atoms with Crippen LogP contribution in [-0.2, 0) is 0 Å². The van der Waals surface area contributed by atoms with Crippen molar-refractivity contribution in [3.8, 4) is 16.8 Å². The van der Waals surface area contributed by atoms with Crippen molar-refractivity contribution in [2.24, 2.45) is 0 Å². The highest BCUT2D eigenvalue weighted by Gasteiger charge is 2.19. The van der Waals surface area contributed by atoms with Gasteiger partial charge in [0, 0.05) is 55.0 Å². The van der Waals surface area contributed by atoms with Crippen molar-refractivity contribution in [2.45, 2.75) is 6.92 Å². The Morgan fingerprint density at radius 3 is 2.00 bits per heavy atom. The zero-order valence-electron chi connectivity index (χ0n) is 17.3. The molecule has 1 saturated heterocycles. The molecule has 0 saturated carbocycles. The predicted molar refractivity (Wildman–Crippen MR) is 125 cm³/mol. The molecule has 4 aromatic rings. The Labute approximate surface area is 178 Å². The highest BCUT2D eigenvalue weighted by atomic mass is 15.3. The fraction of sp³-hybridized carbons (Fsp3) is 0.192. The summed E-state index contributed by atoms with van der Waals surface area (Å²) in [4.78, 5) is 9.31. The molecule has 0 aliphatic carbocycles. The molecule has 5 rings (SSSR count). The van der Waals surface area contributed by atoms with Crippen molar-refractivity contribution in [1.82, 2.24) is 9.55 Å². The maximum atomic E-state index is 4.32. The molecule has 0 unspecified atom stereocenters. The van der Waals surface area contributed by atoms with Crippen molar-refractivity contribution in [3.05, 3.63) is 97.1 Å². The summed E-state index contributed by atoms with van der Waals surface area (Å²) in [5.74, 6) is 0. The minimum absolute atomic E-state index is 1.02. The summed E-state index contributed by atoms with van der Waals surface area (Å²) in [5, 5.41) is 0. The Morgan fingerprint density at radius 1 is 0.667 bits per heavy atom. The van der Waals surface area contributed by atoms with Crippen LogP contribution in [0.15, 0.2) is 91.4 Å². The lowest BCUT2D eigenvalue weighted by atomic mass is 10.0. The number of nitrogens with zero attached hydrogens (tertiary/aromatic N) is 4. The van der Waals surface area contributed by atoms with E-state index in [4.69, 9.17) is 0 Å². The Bertz CT molecular complexity index is 1110. The van der Waals surface area contributed by atoms with Crippen LogP contribution in [0.5, 0.6) is 0 Å². The van der Waals surface area contributed by atoms with Gasteiger partial charge in [-0.15, -0.1) is 0 Å². The van der Waals surface area contributed by atoms with E-state index in [-0.39, 0.29) is 0 Å². The highest BCUT2D eigenvalue weighted by Crippen LogP contribution is 2.31. The molecule has 150 valence electrons. The number of benzene rings is 3. The fourth-order valence-electron chi connectivity index (χ4n) is 4.21. The largest absolute Gasteiger partial charge is 0.368 e. The van der Waals surface area contributed by atoms with Crippen LogP contribution in [0.3, 0.4) is 0 Å². The van der Waals surface area contributed by atoms with Gasteiger partial charge in [0.05, 0.1) is 12.0 Å². The maximum absolute atomic E-state index is 4.32. The zero-order valence-corrected chi connectivity index (χ0v) is 17.3. The van der Waals surface area contributed by atoms with Crippen LogP contribution in [0.1, 0.15) is 5.69 Å². The Kier molecular flexibility index (Phi) is 4.98. The lowest BCUT2D eigenvalue weighted by Crippen LogP contribution is -2.46. The summed E-state index contributed by atoms with van der Waals surface area (Å²) < 4.78 is 2.07. The van der Waals surface area contributed by atoms with Crippen LogP contribution >= 0.6 is 0 Å². The van der Waals surface area contributed by atoms with E-state index in [9.17, 15) is 0 Å². The van der Waals surface area contributed by atoms with E-state index < -0.39 is 0 Å². The van der Waals surface area contributed by atoms with Crippen molar-refractivity contribution in [1.29, 1.82) is 0 Å². The van der Waals surface area contributed by atoms with Gasteiger partial charge >= 0.3 is 0 Å². The summed E-state index contributed by atoms with van der Waals surface area (Å²) in [6.45, 7) is 6.10. The summed E-state index contributed by atoms with van der Waals surface area (Å²) >= 11 is 0. The highest BCUT2D eigenvalue weighted by molar-refractivity contribution is 5.78. The Morgan fingerprint density at radius 2 is 1.30 bits per heavy atom. The third-order valence-electron chi connectivity index (χ3n) is 5.83. The number of rotatable bonds is 4. The number of piperazine rings is 1. The molecular weight excluding hydrogens is 368 g/mol. The Hall–Kier alpha value is -3.53. The van der Waals surface area contributed by atoms with E-state index in [1.54, 1.807) is 0 Å². The monoisotopic (exact) mass is 394 g/mol. The van der Waals surface area contributed by atoms with Crippen LogP contribution in [0.2, 0.25) is 0 Å². The first-order valence-corrected chi connectivity index (χ1v) is 10.5. The van der Waals surface area contributed by atoms with Gasteiger partial charge in [0.25, 0.3) is 0 Å². The van der Waals surface area contributed by atoms with Gasteiger partial charge < -0.3 is 14.4 Å². The molecule has 0 radical (unpaired) electrons. The normalized spacial score (nSPS) is 14.2. The number of hydrogen-bond acceptors (Lipinski definition) is 3. The maximum Gasteiger partial charge on any atom is 0.0995 e. The van der Waals surface area contributed by atoms with Gasteiger partial charge in [0.1, 0.15) is 0 Å². The fourth-order valence-corrected chi connectivity index (χ4v) is 4.21. The molecular formula is C26H26N4. The molecule has 0 N–H and O–H groups in total. The van der Waals surface area contributed by atoms with Gasteiger partial charge in [-0.3, -0.25) is 0 Å². The lowest BCUT2D eigenvalue weighted by Gasteiger charge is -2.38. The smallest absolute Gasteiger partial charge is 0.0995 e. The molecule has 3 aromatic carbocycles. The molecule has 0 bridgehead atoms. The second-order valence-electron chi connectivity index (χ2n) is 7.80. The molecule has 1 aliphatic heterocycles. The third-order valence-corrected chi connectivity index (χ3v) is 5.83. The van der Waals surface area contributed by atoms with E-state index >= 15 is 0 Å². The topological polar surface area (TPSA) is 24.3 Å². The van der Waals surface area contributed by atoms with Gasteiger partial charge in [0.15, 0.2) is 0 Å². The first kappa shape index (κ1) is 18.5. The molecule has 4 heteroatoms. The van der Waals surface area contributed by atoms with Crippen molar-refractivity contribution in [3.63, 3.8) is 0 Å². The number of hydrogen-bond donors (Lipinski definition) is 0. The van der Waals surface area contributed by atoms with E-state index in [0.29, 0.717) is 0 Å². The van der Waals surface area contributed by atoms with Gasteiger partial charge in [-0.1, -0.05) is 48.5 Å². The lowest BCUT2D eigenvalue weighted by molar-refractivity contribution is 0.654. The SMILES string of the molecule is Cc1cn(-c2ccc(N3CCN(c4ccccc4-c4ccccc4)CC3)cc2)cn1. The Balaban J connectivity index is 1.29. The summed E-state index contributed by atoms with van der Waals surface area (Å²) in [6, 6.07) is 28.2. The van der Waals surface area contributed by atoms with E-state index in [1.165, 1.54) is 22.5 Å². The standard InChI is InChI=1S/C26H26N4/c1-21-19-30(20-27-21)24-13-11-23(12-14-24)28-15-17-29(18-16-28)26-10-6-5-9-25(26)22-7-3-2-4-8-22/h2-14,19-20H,15-18H2,1H3. The number of anilines is 2. The average molecular weight is 395 g/mol. The van der Waals surface area contributed by atoms with E-state index in [1.807, 2.05) is 13.3 Å². The number of imidazole rings is 1. The molecule has 4 nitrogen and oxygen atoms in total. The quantitative estimate of drug-likeness (QED) is 0.477. The van der Waals surface area contributed by atoms with Crippen molar-refractivity contribution >= 4 is 11.4 Å². The molecule has 2 heterocycles. The van der Waals surface area contributed by atoms with Crippen LogP contribution in [-0.4, -0.2) is 35.7 Å². The minimum atomic E-state index is 1.02. The van der Waals surface area contributed by atoms with Crippen LogP contribution in [0.4, 0.5) is 11.4 Å². The molecule has 0 atom stereocenters. The minimum Gasteiger partial charge on any atom is -0.368 e. The average Bonchev–Trinajstić information content (AvgIpc) is 3.26. The summed E-state index contributed by atoms with van der Waals surface area (Å²) in [6.07, 6.45) is 3.92. The third kappa shape index (κ3) is 3.69. The number of aromatic nitrogens is 2. The van der Waals surface area contributed by atoms with Crippen molar-refractivity contribution in [2.75, 3.05) is 36.0 Å². The van der Waals surface area contributed by atoms with Gasteiger partial charge in [-0.05, 0) is 42.8 Å². The molecule has 30 heavy (non-hydrogen) atoms. The van der Waals surface area contributed by atoms with E-state index in [0.717, 1.165) is 37.6 Å². The number of para-hydroxylation sites is 1. The van der Waals surface area contributed by atoms with Gasteiger partial charge in [-0.25, -0.2) is 4.98 Å². The van der Waals surface area contributed by atoms with Gasteiger partial charge in [-0.2, -0.15) is 0 Å². The molecule has 1 fully saturated rings. The number of aryl methyl sites for hydroxylation is 1. The second-order valence-corrected chi connectivity index (χ2v) is 7.80. The first-order valence-electron chi connectivity index (χ1n) is 10.5.